The van der Waals surface area contributed by atoms with Crippen molar-refractivity contribution in [3.05, 3.63) is 29.6 Å². The minimum atomic E-state index is -0.245. The number of carbonyl (C=O) groups excluding carboxylic acids is 1. The maximum atomic E-state index is 11.2. The van der Waals surface area contributed by atoms with Crippen molar-refractivity contribution < 1.29 is 9.53 Å². The number of carbonyl (C=O) groups is 1. The molecule has 0 radical (unpaired) electrons. The Morgan fingerprint density at radius 3 is 3.25 bits per heavy atom. The summed E-state index contributed by atoms with van der Waals surface area (Å²) in [5, 5.41) is 0. The van der Waals surface area contributed by atoms with Gasteiger partial charge >= 0.3 is 5.97 Å². The van der Waals surface area contributed by atoms with E-state index in [1.54, 1.807) is 12.4 Å². The summed E-state index contributed by atoms with van der Waals surface area (Å²) in [5.41, 5.74) is 1.59. The lowest BCUT2D eigenvalue weighted by Gasteiger charge is -2.05. The molecule has 62 valence electrons. The van der Waals surface area contributed by atoms with Gasteiger partial charge in [0, 0.05) is 18.0 Å². The number of rotatable bonds is 1. The van der Waals surface area contributed by atoms with Gasteiger partial charge in [0.05, 0.1) is 5.56 Å². The largest absolute Gasteiger partial charge is 0.454 e. The van der Waals surface area contributed by atoms with Gasteiger partial charge in [0.15, 0.2) is 0 Å². The molecule has 3 nitrogen and oxygen atoms in total. The van der Waals surface area contributed by atoms with Crippen molar-refractivity contribution in [3.8, 4) is 0 Å². The van der Waals surface area contributed by atoms with Gasteiger partial charge in [-0.25, -0.2) is 4.79 Å². The van der Waals surface area contributed by atoms with Crippen molar-refractivity contribution in [2.24, 2.45) is 0 Å². The standard InChI is InChI=1S/C9H9NO2/c1-2-8-6-3-4-10-5-7(6)9(11)12-8/h3-5,8H,2H2,1H3. The number of hydrogen-bond acceptors (Lipinski definition) is 3. The average molecular weight is 163 g/mol. The van der Waals surface area contributed by atoms with Gasteiger partial charge in [0.25, 0.3) is 0 Å². The van der Waals surface area contributed by atoms with E-state index in [0.717, 1.165) is 12.0 Å². The van der Waals surface area contributed by atoms with Crippen LogP contribution in [-0.4, -0.2) is 11.0 Å². The molecule has 1 unspecified atom stereocenters. The van der Waals surface area contributed by atoms with Gasteiger partial charge in [-0.3, -0.25) is 4.98 Å². The SMILES string of the molecule is CCC1OC(=O)c2cnccc21. The summed E-state index contributed by atoms with van der Waals surface area (Å²) in [4.78, 5) is 15.0. The fraction of sp³-hybridized carbons (Fsp3) is 0.333. The molecule has 0 spiro atoms. The molecule has 0 aromatic carbocycles. The Morgan fingerprint density at radius 1 is 1.67 bits per heavy atom. The van der Waals surface area contributed by atoms with Gasteiger partial charge in [0.2, 0.25) is 0 Å². The first kappa shape index (κ1) is 7.28. The van der Waals surface area contributed by atoms with Crippen molar-refractivity contribution in [2.45, 2.75) is 19.4 Å². The van der Waals surface area contributed by atoms with Crippen molar-refractivity contribution in [1.82, 2.24) is 4.98 Å². The summed E-state index contributed by atoms with van der Waals surface area (Å²) in [6, 6.07) is 1.84. The van der Waals surface area contributed by atoms with Crippen molar-refractivity contribution in [2.75, 3.05) is 0 Å². The Morgan fingerprint density at radius 2 is 2.50 bits per heavy atom. The molecular formula is C9H9NO2. The van der Waals surface area contributed by atoms with Crippen LogP contribution in [-0.2, 0) is 4.74 Å². The summed E-state index contributed by atoms with van der Waals surface area (Å²) in [6.45, 7) is 1.99. The second-order valence-electron chi connectivity index (χ2n) is 2.77. The van der Waals surface area contributed by atoms with Gasteiger partial charge in [-0.1, -0.05) is 6.92 Å². The van der Waals surface area contributed by atoms with Crippen LogP contribution in [0.3, 0.4) is 0 Å². The number of esters is 1. The van der Waals surface area contributed by atoms with Gasteiger partial charge in [-0.05, 0) is 12.5 Å². The molecule has 1 aromatic heterocycles. The molecule has 0 amide bonds. The summed E-state index contributed by atoms with van der Waals surface area (Å²) >= 11 is 0. The predicted octanol–water partition coefficient (Wildman–Crippen LogP) is 1.70. The van der Waals surface area contributed by atoms with Crippen LogP contribution in [0.2, 0.25) is 0 Å². The molecule has 1 aliphatic heterocycles. The fourth-order valence-electron chi connectivity index (χ4n) is 1.42. The monoisotopic (exact) mass is 163 g/mol. The summed E-state index contributed by atoms with van der Waals surface area (Å²) < 4.78 is 5.10. The Kier molecular flexibility index (Phi) is 1.57. The van der Waals surface area contributed by atoms with Gasteiger partial charge < -0.3 is 4.74 Å². The van der Waals surface area contributed by atoms with E-state index in [0.29, 0.717) is 5.56 Å². The maximum Gasteiger partial charge on any atom is 0.340 e. The van der Waals surface area contributed by atoms with Crippen molar-refractivity contribution in [1.29, 1.82) is 0 Å². The van der Waals surface area contributed by atoms with Crippen LogP contribution in [0.1, 0.15) is 35.4 Å². The molecule has 0 bridgehead atoms. The molecule has 12 heavy (non-hydrogen) atoms. The van der Waals surface area contributed by atoms with Gasteiger partial charge in [-0.15, -0.1) is 0 Å². The molecule has 0 saturated heterocycles. The molecule has 1 aromatic rings. The smallest absolute Gasteiger partial charge is 0.340 e. The highest BCUT2D eigenvalue weighted by atomic mass is 16.5. The summed E-state index contributed by atoms with van der Waals surface area (Å²) in [5.74, 6) is -0.245. The normalized spacial score (nSPS) is 20.4. The Balaban J connectivity index is 2.50. The third-order valence-electron chi connectivity index (χ3n) is 2.04. The third kappa shape index (κ3) is 0.897. The Hall–Kier alpha value is -1.38. The first-order valence-electron chi connectivity index (χ1n) is 3.98. The molecule has 0 N–H and O–H groups in total. The van der Waals surface area contributed by atoms with Gasteiger partial charge in [0.1, 0.15) is 6.10 Å². The molecule has 2 rings (SSSR count). The lowest BCUT2D eigenvalue weighted by Crippen LogP contribution is -1.96. The minimum absolute atomic E-state index is 0.0597. The van der Waals surface area contributed by atoms with E-state index < -0.39 is 0 Å². The van der Waals surface area contributed by atoms with E-state index >= 15 is 0 Å². The highest BCUT2D eigenvalue weighted by Gasteiger charge is 2.29. The predicted molar refractivity (Wildman–Crippen MR) is 42.7 cm³/mol. The lowest BCUT2D eigenvalue weighted by atomic mass is 10.1. The number of nitrogens with zero attached hydrogens (tertiary/aromatic N) is 1. The van der Waals surface area contributed by atoms with Crippen LogP contribution in [0, 0.1) is 0 Å². The van der Waals surface area contributed by atoms with Crippen LogP contribution in [0.5, 0.6) is 0 Å². The molecular weight excluding hydrogens is 154 g/mol. The van der Waals surface area contributed by atoms with Crippen molar-refractivity contribution >= 4 is 5.97 Å². The van der Waals surface area contributed by atoms with E-state index in [4.69, 9.17) is 4.74 Å². The highest BCUT2D eigenvalue weighted by Crippen LogP contribution is 2.31. The zero-order valence-corrected chi connectivity index (χ0v) is 6.78. The van der Waals surface area contributed by atoms with E-state index in [2.05, 4.69) is 4.98 Å². The van der Waals surface area contributed by atoms with Crippen LogP contribution in [0.15, 0.2) is 18.5 Å². The molecule has 0 aliphatic carbocycles. The first-order valence-corrected chi connectivity index (χ1v) is 3.98. The topological polar surface area (TPSA) is 39.2 Å². The zero-order chi connectivity index (χ0) is 8.55. The fourth-order valence-corrected chi connectivity index (χ4v) is 1.42. The van der Waals surface area contributed by atoms with Crippen LogP contribution < -0.4 is 0 Å². The van der Waals surface area contributed by atoms with Crippen LogP contribution in [0.25, 0.3) is 0 Å². The summed E-state index contributed by atoms with van der Waals surface area (Å²) in [6.07, 6.45) is 4.01. The minimum Gasteiger partial charge on any atom is -0.454 e. The maximum absolute atomic E-state index is 11.2. The molecule has 3 heteroatoms. The van der Waals surface area contributed by atoms with E-state index in [1.807, 2.05) is 13.0 Å². The van der Waals surface area contributed by atoms with E-state index in [9.17, 15) is 4.79 Å². The molecule has 1 atom stereocenters. The highest BCUT2D eigenvalue weighted by molar-refractivity contribution is 5.93. The number of pyridine rings is 1. The summed E-state index contributed by atoms with van der Waals surface area (Å²) in [7, 11) is 0. The number of aromatic nitrogens is 1. The van der Waals surface area contributed by atoms with Gasteiger partial charge in [-0.2, -0.15) is 0 Å². The Bertz CT molecular complexity index is 322. The zero-order valence-electron chi connectivity index (χ0n) is 6.78. The van der Waals surface area contributed by atoms with E-state index in [1.165, 1.54) is 0 Å². The van der Waals surface area contributed by atoms with E-state index in [-0.39, 0.29) is 12.1 Å². The molecule has 0 fully saturated rings. The molecule has 0 saturated carbocycles. The van der Waals surface area contributed by atoms with Crippen LogP contribution in [0.4, 0.5) is 0 Å². The van der Waals surface area contributed by atoms with Crippen LogP contribution >= 0.6 is 0 Å². The number of cyclic esters (lactones) is 1. The lowest BCUT2D eigenvalue weighted by molar-refractivity contribution is 0.0378. The number of hydrogen-bond donors (Lipinski definition) is 0. The Labute approximate surface area is 70.4 Å². The second kappa shape index (κ2) is 2.59. The number of fused-ring (bicyclic) bond motifs is 1. The third-order valence-corrected chi connectivity index (χ3v) is 2.04. The molecule has 1 aliphatic rings. The quantitative estimate of drug-likeness (QED) is 0.591. The second-order valence-corrected chi connectivity index (χ2v) is 2.77. The number of ether oxygens (including phenoxy) is 1. The average Bonchev–Trinajstić information content (AvgIpc) is 2.44. The van der Waals surface area contributed by atoms with Crippen molar-refractivity contribution in [3.63, 3.8) is 0 Å². The molecule has 2 heterocycles. The first-order chi connectivity index (χ1) is 5.83.